The number of carbonyl (C=O) groups excluding carboxylic acids is 1. The lowest BCUT2D eigenvalue weighted by Gasteiger charge is -2.39. The lowest BCUT2D eigenvalue weighted by molar-refractivity contribution is -0.118. The average Bonchev–Trinajstić information content (AvgIpc) is 3.80. The molecule has 6 rings (SSSR count). The van der Waals surface area contributed by atoms with Crippen LogP contribution in [0.15, 0.2) is 88.5 Å². The van der Waals surface area contributed by atoms with Gasteiger partial charge in [0.2, 0.25) is 11.9 Å². The number of H-pyrrole nitrogens is 2. The fraction of sp³-hybridized carbons (Fsp3) is 0.432. The Bertz CT molecular complexity index is 2340. The van der Waals surface area contributed by atoms with Crippen LogP contribution >= 0.6 is 8.53 Å². The fourth-order valence-electron chi connectivity index (χ4n) is 7.41. The number of imidazole rings is 1. The lowest BCUT2D eigenvalue weighted by Crippen LogP contribution is -2.39. The molecule has 1 amide bonds. The second-order valence-electron chi connectivity index (χ2n) is 15.4. The van der Waals surface area contributed by atoms with Crippen LogP contribution in [-0.2, 0) is 28.9 Å². The van der Waals surface area contributed by atoms with E-state index in [-0.39, 0.29) is 61.2 Å². The topological polar surface area (TPSA) is 195 Å². The molecule has 5 aromatic rings. The monoisotopic (exact) mass is 855 g/mol. The summed E-state index contributed by atoms with van der Waals surface area (Å²) in [7, 11) is 1.45. The van der Waals surface area contributed by atoms with Crippen LogP contribution in [-0.4, -0.2) is 81.8 Å². The molecule has 1 unspecified atom stereocenters. The van der Waals surface area contributed by atoms with Crippen molar-refractivity contribution in [3.05, 3.63) is 116 Å². The Kier molecular flexibility index (Phi) is 14.8. The molecule has 17 heteroatoms. The Morgan fingerprint density at radius 1 is 0.934 bits per heavy atom. The predicted octanol–water partition coefficient (Wildman–Crippen LogP) is 6.98. The van der Waals surface area contributed by atoms with E-state index in [2.05, 4.69) is 31.0 Å². The highest BCUT2D eigenvalue weighted by Crippen LogP contribution is 2.51. The third-order valence-corrected chi connectivity index (χ3v) is 12.5. The minimum Gasteiger partial charge on any atom is -0.497 e. The van der Waals surface area contributed by atoms with Crippen LogP contribution in [0.4, 0.5) is 5.95 Å². The highest BCUT2D eigenvalue weighted by Gasteiger charge is 2.45. The number of rotatable bonds is 19. The number of fused-ring (bicyclic) bond motifs is 1. The molecular formula is C44H54N7O9P. The van der Waals surface area contributed by atoms with Crippen LogP contribution in [0.25, 0.3) is 11.2 Å². The van der Waals surface area contributed by atoms with Crippen molar-refractivity contribution in [1.82, 2.24) is 24.2 Å². The van der Waals surface area contributed by atoms with E-state index < -0.39 is 49.7 Å². The number of nitrogens with zero attached hydrogens (tertiary/aromatic N) is 4. The number of benzene rings is 3. The first-order valence-corrected chi connectivity index (χ1v) is 21.4. The van der Waals surface area contributed by atoms with Gasteiger partial charge in [-0.1, -0.05) is 68.4 Å². The van der Waals surface area contributed by atoms with Crippen LogP contribution in [0.5, 0.6) is 11.5 Å². The molecule has 0 bridgehead atoms. The van der Waals surface area contributed by atoms with E-state index >= 15 is 0 Å². The van der Waals surface area contributed by atoms with Crippen LogP contribution in [0.2, 0.25) is 0 Å². The zero-order valence-corrected chi connectivity index (χ0v) is 36.6. The van der Waals surface area contributed by atoms with Gasteiger partial charge in [0.25, 0.3) is 14.1 Å². The maximum absolute atomic E-state index is 13.8. The van der Waals surface area contributed by atoms with Crippen LogP contribution in [0.3, 0.4) is 0 Å². The molecule has 0 saturated carbocycles. The summed E-state index contributed by atoms with van der Waals surface area (Å²) in [4.78, 5) is 49.3. The van der Waals surface area contributed by atoms with Crippen molar-refractivity contribution in [3.8, 4) is 17.6 Å². The highest BCUT2D eigenvalue weighted by atomic mass is 31.2. The first-order valence-electron chi connectivity index (χ1n) is 20.3. The standard InChI is InChI=1S/C44H54N7O9P/c1-27(2)40(52)48-42-47-39-38(41(53)49-42)46-43(54)50(39)37-25-35(60-61(58-24-12-23-45)51(28(3)4)29(5)6)36(59-37)26-57-44(30-13-10-9-11-14-30,31-15-19-33(55-7)20-16-31)32-17-21-34(56-8)22-18-32/h9-11,13-22,27-29,35-37H,12,24-26H2,1-8H3,(H,46,54)(H2,47,48,49,52,53)/t35-,36+,37+,61?/m0/s1. The second-order valence-corrected chi connectivity index (χ2v) is 16.8. The zero-order valence-electron chi connectivity index (χ0n) is 35.7. The van der Waals surface area contributed by atoms with Gasteiger partial charge in [0.1, 0.15) is 29.4 Å². The Morgan fingerprint density at radius 3 is 2.07 bits per heavy atom. The number of ether oxygens (including phenoxy) is 4. The van der Waals surface area contributed by atoms with Gasteiger partial charge in [0.05, 0.1) is 46.0 Å². The predicted molar refractivity (Wildman–Crippen MR) is 231 cm³/mol. The molecule has 0 radical (unpaired) electrons. The summed E-state index contributed by atoms with van der Waals surface area (Å²) in [5.74, 6) is 0.467. The number of anilines is 1. The molecule has 1 saturated heterocycles. The van der Waals surface area contributed by atoms with E-state index in [0.717, 1.165) is 16.7 Å². The molecule has 16 nitrogen and oxygen atoms in total. The van der Waals surface area contributed by atoms with Crippen molar-refractivity contribution in [3.63, 3.8) is 0 Å². The van der Waals surface area contributed by atoms with Gasteiger partial charge in [0, 0.05) is 24.4 Å². The summed E-state index contributed by atoms with van der Waals surface area (Å²) < 4.78 is 41.8. The van der Waals surface area contributed by atoms with Crippen molar-refractivity contribution < 1.29 is 32.8 Å². The lowest BCUT2D eigenvalue weighted by atomic mass is 9.80. The number of amides is 1. The van der Waals surface area contributed by atoms with E-state index in [1.165, 1.54) is 4.57 Å². The Morgan fingerprint density at radius 2 is 1.52 bits per heavy atom. The molecule has 1 fully saturated rings. The van der Waals surface area contributed by atoms with Crippen molar-refractivity contribution in [1.29, 1.82) is 5.26 Å². The van der Waals surface area contributed by atoms with Gasteiger partial charge in [0.15, 0.2) is 11.2 Å². The van der Waals surface area contributed by atoms with Gasteiger partial charge in [-0.3, -0.25) is 24.9 Å². The SMILES string of the molecule is COc1ccc(C(OC[C@H]2O[C@@H](n3c(=O)[nH]c4c(=O)[nH]c(NC(=O)C(C)C)nc43)C[C@@H]2OP(OCCC#N)N(C(C)C)C(C)C)(c2ccccc2)c2ccc(OC)cc2)cc1. The maximum atomic E-state index is 13.8. The molecule has 3 N–H and O–H groups in total. The summed E-state index contributed by atoms with van der Waals surface area (Å²) in [5.41, 5.74) is -0.144. The number of hydrogen-bond donors (Lipinski definition) is 3. The van der Waals surface area contributed by atoms with Crippen LogP contribution in [0, 0.1) is 17.2 Å². The molecule has 1 aliphatic heterocycles. The summed E-state index contributed by atoms with van der Waals surface area (Å²) in [6.45, 7) is 11.7. The van der Waals surface area contributed by atoms with Crippen molar-refractivity contribution >= 4 is 31.5 Å². The normalized spacial score (nSPS) is 17.3. The summed E-state index contributed by atoms with van der Waals surface area (Å²) in [5, 5.41) is 12.0. The van der Waals surface area contributed by atoms with E-state index in [1.807, 2.05) is 107 Å². The molecule has 61 heavy (non-hydrogen) atoms. The molecule has 3 heterocycles. The molecular weight excluding hydrogens is 801 g/mol. The molecule has 3 aromatic carbocycles. The fourth-order valence-corrected chi connectivity index (χ4v) is 9.17. The van der Waals surface area contributed by atoms with Gasteiger partial charge in [-0.25, -0.2) is 14.0 Å². The van der Waals surface area contributed by atoms with Gasteiger partial charge in [-0.05, 0) is 68.7 Å². The number of hydrogen-bond acceptors (Lipinski definition) is 12. The third-order valence-electron chi connectivity index (χ3n) is 10.3. The third kappa shape index (κ3) is 9.89. The van der Waals surface area contributed by atoms with Crippen molar-refractivity contribution in [2.75, 3.05) is 32.8 Å². The van der Waals surface area contributed by atoms with Crippen molar-refractivity contribution in [2.45, 2.75) is 90.5 Å². The Labute approximate surface area is 356 Å². The Hall–Kier alpha value is -5.40. The molecule has 324 valence electrons. The number of aromatic amines is 2. The van der Waals surface area contributed by atoms with Gasteiger partial charge < -0.3 is 28.0 Å². The van der Waals surface area contributed by atoms with Crippen LogP contribution < -0.4 is 26.0 Å². The van der Waals surface area contributed by atoms with Crippen molar-refractivity contribution in [2.24, 2.45) is 5.92 Å². The van der Waals surface area contributed by atoms with E-state index in [0.29, 0.717) is 11.5 Å². The number of methoxy groups -OCH3 is 2. The number of carbonyl (C=O) groups is 1. The summed E-state index contributed by atoms with van der Waals surface area (Å²) >= 11 is 0. The molecule has 1 aliphatic rings. The highest BCUT2D eigenvalue weighted by molar-refractivity contribution is 7.44. The van der Waals surface area contributed by atoms with Gasteiger partial charge in [-0.15, -0.1) is 0 Å². The second kappa shape index (κ2) is 20.0. The first kappa shape index (κ1) is 45.1. The van der Waals surface area contributed by atoms with E-state index in [9.17, 15) is 19.6 Å². The smallest absolute Gasteiger partial charge is 0.329 e. The number of aromatic nitrogens is 4. The average molecular weight is 856 g/mol. The molecule has 2 aromatic heterocycles. The number of nitrogens with one attached hydrogen (secondary N) is 3. The molecule has 4 atom stereocenters. The van der Waals surface area contributed by atoms with E-state index in [4.69, 9.17) is 28.0 Å². The quantitative estimate of drug-likeness (QED) is 0.0439. The van der Waals surface area contributed by atoms with Gasteiger partial charge in [-0.2, -0.15) is 10.2 Å². The summed E-state index contributed by atoms with van der Waals surface area (Å²) in [6.07, 6.45) is -2.28. The largest absolute Gasteiger partial charge is 0.497 e. The molecule has 0 aliphatic carbocycles. The van der Waals surface area contributed by atoms with Crippen LogP contribution in [0.1, 0.15) is 77.3 Å². The minimum atomic E-state index is -1.77. The Balaban J connectivity index is 1.47. The number of nitriles is 1. The van der Waals surface area contributed by atoms with Gasteiger partial charge >= 0.3 is 5.69 Å². The van der Waals surface area contributed by atoms with E-state index in [1.54, 1.807) is 28.1 Å². The molecule has 0 spiro atoms. The zero-order chi connectivity index (χ0) is 43.8. The minimum absolute atomic E-state index is 0.00326. The summed E-state index contributed by atoms with van der Waals surface area (Å²) in [6, 6.07) is 27.3. The maximum Gasteiger partial charge on any atom is 0.329 e. The first-order chi connectivity index (χ1) is 29.3.